The van der Waals surface area contributed by atoms with Crippen molar-refractivity contribution in [1.82, 2.24) is 5.32 Å². The van der Waals surface area contributed by atoms with Gasteiger partial charge in [-0.05, 0) is 49.7 Å². The van der Waals surface area contributed by atoms with Crippen molar-refractivity contribution >= 4 is 0 Å². The van der Waals surface area contributed by atoms with Crippen LogP contribution in [-0.2, 0) is 12.8 Å². The van der Waals surface area contributed by atoms with Crippen molar-refractivity contribution in [3.05, 3.63) is 23.3 Å². The Morgan fingerprint density at radius 3 is 1.94 bits per heavy atom. The van der Waals surface area contributed by atoms with E-state index in [2.05, 4.69) is 24.4 Å². The first kappa shape index (κ1) is 13.8. The fourth-order valence-electron chi connectivity index (χ4n) is 1.94. The lowest BCUT2D eigenvalue weighted by Crippen LogP contribution is -2.11. The van der Waals surface area contributed by atoms with Gasteiger partial charge in [-0.25, -0.2) is 0 Å². The molecule has 3 nitrogen and oxygen atoms in total. The number of hydrogen-bond acceptors (Lipinski definition) is 3. The van der Waals surface area contributed by atoms with Gasteiger partial charge in [-0.15, -0.1) is 0 Å². The van der Waals surface area contributed by atoms with Crippen molar-refractivity contribution in [2.75, 3.05) is 27.8 Å². The lowest BCUT2D eigenvalue weighted by atomic mass is 10.0. The van der Waals surface area contributed by atoms with E-state index in [1.807, 2.05) is 7.05 Å². The molecule has 0 spiro atoms. The molecule has 1 aromatic rings. The number of ether oxygens (including phenoxy) is 2. The molecule has 1 rings (SSSR count). The van der Waals surface area contributed by atoms with Crippen LogP contribution in [0.5, 0.6) is 11.5 Å². The smallest absolute Gasteiger partial charge is 0.122 e. The van der Waals surface area contributed by atoms with E-state index in [1.54, 1.807) is 14.2 Å². The van der Waals surface area contributed by atoms with Gasteiger partial charge in [0.1, 0.15) is 11.5 Å². The lowest BCUT2D eigenvalue weighted by Gasteiger charge is -2.14. The molecular weight excluding hydrogens is 214 g/mol. The van der Waals surface area contributed by atoms with E-state index in [-0.39, 0.29) is 0 Å². The van der Waals surface area contributed by atoms with Gasteiger partial charge in [0.25, 0.3) is 0 Å². The standard InChI is InChI=1S/C14H23NO2/c1-5-6-11-9-14(17-4)12(7-8-15-2)10-13(11)16-3/h9-10,15H,5-8H2,1-4H3. The molecule has 0 radical (unpaired) electrons. The molecular formula is C14H23NO2. The van der Waals surface area contributed by atoms with E-state index in [0.29, 0.717) is 0 Å². The summed E-state index contributed by atoms with van der Waals surface area (Å²) in [6.07, 6.45) is 3.07. The second-order valence-electron chi connectivity index (χ2n) is 4.08. The molecule has 0 saturated heterocycles. The van der Waals surface area contributed by atoms with Gasteiger partial charge in [0.2, 0.25) is 0 Å². The predicted octanol–water partition coefficient (Wildman–Crippen LogP) is 2.42. The summed E-state index contributed by atoms with van der Waals surface area (Å²) in [6.45, 7) is 3.10. The minimum atomic E-state index is 0.937. The number of methoxy groups -OCH3 is 2. The van der Waals surface area contributed by atoms with Gasteiger partial charge < -0.3 is 14.8 Å². The first-order valence-electron chi connectivity index (χ1n) is 6.15. The number of hydrogen-bond donors (Lipinski definition) is 1. The molecule has 0 aliphatic rings. The minimum absolute atomic E-state index is 0.937. The Labute approximate surface area is 104 Å². The van der Waals surface area contributed by atoms with E-state index in [1.165, 1.54) is 11.1 Å². The lowest BCUT2D eigenvalue weighted by molar-refractivity contribution is 0.394. The first-order valence-corrected chi connectivity index (χ1v) is 6.15. The zero-order valence-electron chi connectivity index (χ0n) is 11.3. The zero-order chi connectivity index (χ0) is 12.7. The molecule has 3 heteroatoms. The maximum absolute atomic E-state index is 5.45. The Bertz CT molecular complexity index is 350. The number of nitrogens with one attached hydrogen (secondary N) is 1. The Kier molecular flexibility index (Phi) is 5.84. The largest absolute Gasteiger partial charge is 0.496 e. The van der Waals surface area contributed by atoms with Gasteiger partial charge in [-0.3, -0.25) is 0 Å². The minimum Gasteiger partial charge on any atom is -0.496 e. The molecule has 1 aromatic carbocycles. The second kappa shape index (κ2) is 7.17. The monoisotopic (exact) mass is 237 g/mol. The number of aryl methyl sites for hydroxylation is 1. The average Bonchev–Trinajstić information content (AvgIpc) is 2.36. The molecule has 0 unspecified atom stereocenters. The third kappa shape index (κ3) is 3.63. The molecule has 96 valence electrons. The highest BCUT2D eigenvalue weighted by Gasteiger charge is 2.10. The highest BCUT2D eigenvalue weighted by Crippen LogP contribution is 2.30. The fraction of sp³-hybridized carbons (Fsp3) is 0.571. The summed E-state index contributed by atoms with van der Waals surface area (Å²) in [7, 11) is 5.40. The zero-order valence-corrected chi connectivity index (χ0v) is 11.3. The average molecular weight is 237 g/mol. The molecule has 0 aliphatic heterocycles. The third-order valence-electron chi connectivity index (χ3n) is 2.85. The quantitative estimate of drug-likeness (QED) is 0.790. The SMILES string of the molecule is CCCc1cc(OC)c(CCNC)cc1OC. The molecule has 0 aliphatic carbocycles. The number of likely N-dealkylation sites (N-methyl/N-ethyl adjacent to an activating group) is 1. The van der Waals surface area contributed by atoms with Crippen molar-refractivity contribution in [1.29, 1.82) is 0 Å². The molecule has 0 bridgehead atoms. The number of rotatable bonds is 7. The summed E-state index contributed by atoms with van der Waals surface area (Å²) < 4.78 is 10.9. The summed E-state index contributed by atoms with van der Waals surface area (Å²) in [6, 6.07) is 4.20. The molecule has 17 heavy (non-hydrogen) atoms. The van der Waals surface area contributed by atoms with Gasteiger partial charge in [-0.1, -0.05) is 13.3 Å². The number of benzene rings is 1. The van der Waals surface area contributed by atoms with Crippen molar-refractivity contribution in [2.24, 2.45) is 0 Å². The van der Waals surface area contributed by atoms with E-state index < -0.39 is 0 Å². The Morgan fingerprint density at radius 1 is 1.00 bits per heavy atom. The van der Waals surface area contributed by atoms with E-state index in [0.717, 1.165) is 37.3 Å². The van der Waals surface area contributed by atoms with E-state index in [4.69, 9.17) is 9.47 Å². The summed E-state index contributed by atoms with van der Waals surface area (Å²) in [5.41, 5.74) is 2.42. The van der Waals surface area contributed by atoms with Gasteiger partial charge in [0.15, 0.2) is 0 Å². The van der Waals surface area contributed by atoms with Crippen LogP contribution in [0.3, 0.4) is 0 Å². The highest BCUT2D eigenvalue weighted by molar-refractivity contribution is 5.46. The Morgan fingerprint density at radius 2 is 1.53 bits per heavy atom. The Balaban J connectivity index is 3.04. The van der Waals surface area contributed by atoms with Crippen LogP contribution in [0, 0.1) is 0 Å². The molecule has 0 fully saturated rings. The van der Waals surface area contributed by atoms with Crippen LogP contribution >= 0.6 is 0 Å². The van der Waals surface area contributed by atoms with Gasteiger partial charge >= 0.3 is 0 Å². The van der Waals surface area contributed by atoms with Crippen LogP contribution in [0.15, 0.2) is 12.1 Å². The van der Waals surface area contributed by atoms with Crippen LogP contribution in [0.1, 0.15) is 24.5 Å². The summed E-state index contributed by atoms with van der Waals surface area (Å²) >= 11 is 0. The van der Waals surface area contributed by atoms with Crippen molar-refractivity contribution < 1.29 is 9.47 Å². The van der Waals surface area contributed by atoms with Crippen LogP contribution in [0.4, 0.5) is 0 Å². The summed E-state index contributed by atoms with van der Waals surface area (Å²) in [5, 5.41) is 3.15. The molecule has 0 saturated carbocycles. The summed E-state index contributed by atoms with van der Waals surface area (Å²) in [4.78, 5) is 0. The van der Waals surface area contributed by atoms with Gasteiger partial charge in [-0.2, -0.15) is 0 Å². The molecule has 0 heterocycles. The normalized spacial score (nSPS) is 10.4. The van der Waals surface area contributed by atoms with Gasteiger partial charge in [0.05, 0.1) is 14.2 Å². The third-order valence-corrected chi connectivity index (χ3v) is 2.85. The van der Waals surface area contributed by atoms with Crippen LogP contribution < -0.4 is 14.8 Å². The molecule has 0 aromatic heterocycles. The maximum atomic E-state index is 5.45. The van der Waals surface area contributed by atoms with Crippen LogP contribution in [0.2, 0.25) is 0 Å². The fourth-order valence-corrected chi connectivity index (χ4v) is 1.94. The van der Waals surface area contributed by atoms with Crippen LogP contribution in [0.25, 0.3) is 0 Å². The van der Waals surface area contributed by atoms with Gasteiger partial charge in [0, 0.05) is 0 Å². The maximum Gasteiger partial charge on any atom is 0.122 e. The Hall–Kier alpha value is -1.22. The van der Waals surface area contributed by atoms with Crippen molar-refractivity contribution in [3.8, 4) is 11.5 Å². The van der Waals surface area contributed by atoms with Crippen LogP contribution in [-0.4, -0.2) is 27.8 Å². The molecule has 0 amide bonds. The summed E-state index contributed by atoms with van der Waals surface area (Å²) in [5.74, 6) is 1.93. The second-order valence-corrected chi connectivity index (χ2v) is 4.08. The van der Waals surface area contributed by atoms with E-state index >= 15 is 0 Å². The molecule has 0 atom stereocenters. The highest BCUT2D eigenvalue weighted by atomic mass is 16.5. The van der Waals surface area contributed by atoms with Crippen molar-refractivity contribution in [2.45, 2.75) is 26.2 Å². The first-order chi connectivity index (χ1) is 8.26. The topological polar surface area (TPSA) is 30.5 Å². The van der Waals surface area contributed by atoms with Crippen molar-refractivity contribution in [3.63, 3.8) is 0 Å². The van der Waals surface area contributed by atoms with E-state index in [9.17, 15) is 0 Å². The molecule has 1 N–H and O–H groups in total. The predicted molar refractivity (Wildman–Crippen MR) is 71.2 cm³/mol.